The summed E-state index contributed by atoms with van der Waals surface area (Å²) in [6, 6.07) is 7.29. The number of H-pyrrole nitrogens is 1. The van der Waals surface area contributed by atoms with E-state index in [-0.39, 0.29) is 17.4 Å². The number of amides is 1. The van der Waals surface area contributed by atoms with Crippen molar-refractivity contribution in [2.75, 3.05) is 18.1 Å². The van der Waals surface area contributed by atoms with Gasteiger partial charge in [-0.15, -0.1) is 0 Å². The number of hydrogen-bond acceptors (Lipinski definition) is 4. The van der Waals surface area contributed by atoms with Crippen LogP contribution in [0, 0.1) is 0 Å². The van der Waals surface area contributed by atoms with Gasteiger partial charge in [-0.3, -0.25) is 4.79 Å². The monoisotopic (exact) mass is 470 g/mol. The van der Waals surface area contributed by atoms with Gasteiger partial charge in [0.15, 0.2) is 5.65 Å². The van der Waals surface area contributed by atoms with Crippen molar-refractivity contribution in [1.82, 2.24) is 15.0 Å². The topological polar surface area (TPSA) is 71.1 Å². The average molecular weight is 470 g/mol. The lowest BCUT2D eigenvalue weighted by Crippen LogP contribution is -2.42. The van der Waals surface area contributed by atoms with Crippen molar-refractivity contribution in [3.05, 3.63) is 53.0 Å². The second kappa shape index (κ2) is 7.80. The largest absolute Gasteiger partial charge is 0.417 e. The standard InChI is InChI=1S/C25H25F3N4O2/c26-25(27,28)17-13-18-21(29-14-17)31-23(30-18)24(8-3-9-24)16-6-7-19-15(12-16)4-1-10-32(19)22(33)20-5-2-11-34-20/h6-7,12-14,20H,1-5,8-11H2,(H,29,30,31)/t20-/m1/s1. The Morgan fingerprint density at radius 1 is 1.18 bits per heavy atom. The van der Waals surface area contributed by atoms with Gasteiger partial charge in [0.2, 0.25) is 0 Å². The Labute approximate surface area is 194 Å². The molecule has 1 saturated heterocycles. The van der Waals surface area contributed by atoms with Crippen molar-refractivity contribution < 1.29 is 22.7 Å². The molecule has 0 unspecified atom stereocenters. The number of aryl methyl sites for hydroxylation is 1. The first-order chi connectivity index (χ1) is 16.3. The lowest BCUT2D eigenvalue weighted by molar-refractivity contribution is -0.137. The number of hydrogen-bond donors (Lipinski definition) is 1. The van der Waals surface area contributed by atoms with Crippen molar-refractivity contribution in [2.24, 2.45) is 0 Å². The first-order valence-electron chi connectivity index (χ1n) is 11.8. The van der Waals surface area contributed by atoms with Gasteiger partial charge in [-0.05, 0) is 61.8 Å². The molecule has 0 spiro atoms. The van der Waals surface area contributed by atoms with E-state index in [9.17, 15) is 18.0 Å². The van der Waals surface area contributed by atoms with Gasteiger partial charge in [0.25, 0.3) is 5.91 Å². The fourth-order valence-corrected chi connectivity index (χ4v) is 5.54. The maximum absolute atomic E-state index is 13.1. The normalized spacial score (nSPS) is 22.0. The molecule has 2 fully saturated rings. The van der Waals surface area contributed by atoms with E-state index in [1.54, 1.807) is 0 Å². The number of imidazole rings is 1. The van der Waals surface area contributed by atoms with Gasteiger partial charge in [-0.2, -0.15) is 13.2 Å². The molecule has 0 radical (unpaired) electrons. The summed E-state index contributed by atoms with van der Waals surface area (Å²) in [5, 5.41) is 0. The number of nitrogens with one attached hydrogen (secondary N) is 1. The summed E-state index contributed by atoms with van der Waals surface area (Å²) in [7, 11) is 0. The number of nitrogens with zero attached hydrogens (tertiary/aromatic N) is 3. The van der Waals surface area contributed by atoms with Crippen LogP contribution in [-0.4, -0.2) is 40.1 Å². The number of fused-ring (bicyclic) bond motifs is 2. The van der Waals surface area contributed by atoms with Gasteiger partial charge in [-0.25, -0.2) is 9.97 Å². The second-order valence-electron chi connectivity index (χ2n) is 9.55. The molecule has 178 valence electrons. The molecule has 0 bridgehead atoms. The van der Waals surface area contributed by atoms with Crippen LogP contribution < -0.4 is 4.90 Å². The summed E-state index contributed by atoms with van der Waals surface area (Å²) in [4.78, 5) is 26.6. The van der Waals surface area contributed by atoms with Crippen molar-refractivity contribution in [1.29, 1.82) is 0 Å². The summed E-state index contributed by atoms with van der Waals surface area (Å²) < 4.78 is 45.0. The van der Waals surface area contributed by atoms with Crippen LogP contribution in [-0.2, 0) is 27.5 Å². The number of aromatic nitrogens is 3. The third-order valence-electron chi connectivity index (χ3n) is 7.55. The Hall–Kier alpha value is -2.94. The molecular weight excluding hydrogens is 445 g/mol. The predicted octanol–water partition coefficient (Wildman–Crippen LogP) is 4.90. The number of ether oxygens (including phenoxy) is 1. The Morgan fingerprint density at radius 3 is 2.74 bits per heavy atom. The van der Waals surface area contributed by atoms with Crippen LogP contribution in [0.5, 0.6) is 0 Å². The molecule has 3 aromatic rings. The van der Waals surface area contributed by atoms with E-state index in [1.807, 2.05) is 17.0 Å². The number of benzene rings is 1. The van der Waals surface area contributed by atoms with Crippen molar-refractivity contribution >= 4 is 22.8 Å². The molecule has 1 N–H and O–H groups in total. The average Bonchev–Trinajstić information content (AvgIpc) is 3.46. The molecular formula is C25H25F3N4O2. The highest BCUT2D eigenvalue weighted by Gasteiger charge is 2.44. The number of alkyl halides is 3. The van der Waals surface area contributed by atoms with Gasteiger partial charge in [0.05, 0.1) is 16.5 Å². The molecule has 1 saturated carbocycles. The number of anilines is 1. The first-order valence-corrected chi connectivity index (χ1v) is 11.8. The fraction of sp³-hybridized carbons (Fsp3) is 0.480. The molecule has 2 aromatic heterocycles. The van der Waals surface area contributed by atoms with Crippen LogP contribution in [0.15, 0.2) is 30.5 Å². The minimum Gasteiger partial charge on any atom is -0.368 e. The zero-order chi connectivity index (χ0) is 23.5. The van der Waals surface area contributed by atoms with E-state index in [2.05, 4.69) is 21.0 Å². The Bertz CT molecular complexity index is 1260. The highest BCUT2D eigenvalue weighted by Crippen LogP contribution is 2.49. The SMILES string of the molecule is O=C([C@H]1CCCO1)N1CCCc2cc(C3(c4nc5ncc(C(F)(F)F)cc5[nH]4)CCC3)ccc21. The van der Waals surface area contributed by atoms with Crippen LogP contribution in [0.2, 0.25) is 0 Å². The molecule has 9 heteroatoms. The van der Waals surface area contributed by atoms with Crippen molar-refractivity contribution in [3.63, 3.8) is 0 Å². The van der Waals surface area contributed by atoms with Gasteiger partial charge < -0.3 is 14.6 Å². The lowest BCUT2D eigenvalue weighted by atomic mass is 9.63. The Morgan fingerprint density at radius 2 is 2.03 bits per heavy atom. The second-order valence-corrected chi connectivity index (χ2v) is 9.55. The summed E-state index contributed by atoms with van der Waals surface area (Å²) in [5.74, 6) is 0.692. The minimum absolute atomic E-state index is 0.0355. The van der Waals surface area contributed by atoms with Crippen LogP contribution >= 0.6 is 0 Å². The van der Waals surface area contributed by atoms with E-state index in [0.717, 1.165) is 74.0 Å². The summed E-state index contributed by atoms with van der Waals surface area (Å²) >= 11 is 0. The van der Waals surface area contributed by atoms with Gasteiger partial charge in [0.1, 0.15) is 11.9 Å². The number of aromatic amines is 1. The number of rotatable bonds is 3. The third-order valence-corrected chi connectivity index (χ3v) is 7.55. The van der Waals surface area contributed by atoms with Crippen LogP contribution in [0.3, 0.4) is 0 Å². The molecule has 2 aliphatic heterocycles. The highest BCUT2D eigenvalue weighted by atomic mass is 19.4. The summed E-state index contributed by atoms with van der Waals surface area (Å²) in [6.45, 7) is 1.32. The van der Waals surface area contributed by atoms with E-state index >= 15 is 0 Å². The number of carbonyl (C=O) groups excluding carboxylic acids is 1. The van der Waals surface area contributed by atoms with Gasteiger partial charge >= 0.3 is 6.18 Å². The van der Waals surface area contributed by atoms with Crippen LogP contribution in [0.4, 0.5) is 18.9 Å². The van der Waals surface area contributed by atoms with E-state index < -0.39 is 11.7 Å². The number of carbonyl (C=O) groups is 1. The van der Waals surface area contributed by atoms with Crippen molar-refractivity contribution in [3.8, 4) is 0 Å². The molecule has 1 aromatic carbocycles. The van der Waals surface area contributed by atoms with Crippen molar-refractivity contribution in [2.45, 2.75) is 62.6 Å². The zero-order valence-corrected chi connectivity index (χ0v) is 18.6. The zero-order valence-electron chi connectivity index (χ0n) is 18.6. The van der Waals surface area contributed by atoms with E-state index in [4.69, 9.17) is 4.74 Å². The molecule has 6 nitrogen and oxygen atoms in total. The minimum atomic E-state index is -4.45. The molecule has 1 amide bonds. The molecule has 6 rings (SSSR count). The summed E-state index contributed by atoms with van der Waals surface area (Å²) in [5.41, 5.74) is 2.56. The number of halogens is 3. The molecule has 3 aliphatic rings. The van der Waals surface area contributed by atoms with E-state index in [0.29, 0.717) is 30.1 Å². The Kier molecular flexibility index (Phi) is 4.95. The van der Waals surface area contributed by atoms with E-state index in [1.165, 1.54) is 0 Å². The fourth-order valence-electron chi connectivity index (χ4n) is 5.54. The number of pyridine rings is 1. The third kappa shape index (κ3) is 3.40. The quantitative estimate of drug-likeness (QED) is 0.591. The molecule has 1 aliphatic carbocycles. The summed E-state index contributed by atoms with van der Waals surface area (Å²) in [6.07, 6.45) is 2.20. The molecule has 34 heavy (non-hydrogen) atoms. The molecule has 1 atom stereocenters. The lowest BCUT2D eigenvalue weighted by Gasteiger charge is -2.41. The predicted molar refractivity (Wildman–Crippen MR) is 120 cm³/mol. The molecule has 4 heterocycles. The highest BCUT2D eigenvalue weighted by molar-refractivity contribution is 5.97. The first kappa shape index (κ1) is 21.6. The smallest absolute Gasteiger partial charge is 0.368 e. The van der Waals surface area contributed by atoms with Crippen LogP contribution in [0.1, 0.15) is 61.0 Å². The van der Waals surface area contributed by atoms with Gasteiger partial charge in [0, 0.05) is 25.0 Å². The van der Waals surface area contributed by atoms with Gasteiger partial charge in [-0.1, -0.05) is 18.6 Å². The Balaban J connectivity index is 1.35. The van der Waals surface area contributed by atoms with Crippen LogP contribution in [0.25, 0.3) is 11.2 Å². The maximum atomic E-state index is 13.1. The maximum Gasteiger partial charge on any atom is 0.417 e.